The molecule has 0 spiro atoms. The molecular weight excluding hydrogens is 206 g/mol. The van der Waals surface area contributed by atoms with Crippen molar-refractivity contribution in [3.05, 3.63) is 41.9 Å². The lowest BCUT2D eigenvalue weighted by Crippen LogP contribution is -2.12. The normalized spacial score (nSPS) is 10.4. The van der Waals surface area contributed by atoms with Gasteiger partial charge in [0.15, 0.2) is 0 Å². The van der Waals surface area contributed by atoms with Crippen LogP contribution in [0, 0.1) is 0 Å². The van der Waals surface area contributed by atoms with Crippen LogP contribution in [0.25, 0.3) is 10.6 Å². The van der Waals surface area contributed by atoms with E-state index in [1.54, 1.807) is 11.3 Å². The molecular formula is C11H13N3S. The number of aromatic nitrogens is 2. The number of hydrogen-bond acceptors (Lipinski definition) is 3. The number of thiophene rings is 1. The molecule has 0 aliphatic rings. The second-order valence-corrected chi connectivity index (χ2v) is 4.11. The molecule has 0 saturated carbocycles. The van der Waals surface area contributed by atoms with Crippen LogP contribution in [0.5, 0.6) is 0 Å². The molecule has 0 aliphatic carbocycles. The van der Waals surface area contributed by atoms with Gasteiger partial charge >= 0.3 is 0 Å². The Morgan fingerprint density at radius 2 is 2.53 bits per heavy atom. The maximum absolute atomic E-state index is 4.07. The van der Waals surface area contributed by atoms with Crippen molar-refractivity contribution in [2.75, 3.05) is 6.54 Å². The van der Waals surface area contributed by atoms with Crippen molar-refractivity contribution in [2.24, 2.45) is 0 Å². The summed E-state index contributed by atoms with van der Waals surface area (Å²) < 4.78 is 0. The Morgan fingerprint density at radius 1 is 1.60 bits per heavy atom. The van der Waals surface area contributed by atoms with Crippen LogP contribution in [0.2, 0.25) is 0 Å². The minimum atomic E-state index is 0.815. The van der Waals surface area contributed by atoms with Crippen molar-refractivity contribution in [3.8, 4) is 10.6 Å². The van der Waals surface area contributed by atoms with E-state index in [2.05, 4.69) is 33.5 Å². The third-order valence-corrected chi connectivity index (χ3v) is 2.98. The lowest BCUT2D eigenvalue weighted by molar-refractivity contribution is 0.762. The van der Waals surface area contributed by atoms with E-state index in [1.165, 1.54) is 10.4 Å². The summed E-state index contributed by atoms with van der Waals surface area (Å²) in [6, 6.07) is 4.14. The molecule has 0 unspecified atom stereocenters. The molecule has 0 bridgehead atoms. The summed E-state index contributed by atoms with van der Waals surface area (Å²) in [4.78, 5) is 1.22. The summed E-state index contributed by atoms with van der Waals surface area (Å²) >= 11 is 1.71. The highest BCUT2D eigenvalue weighted by molar-refractivity contribution is 7.13. The van der Waals surface area contributed by atoms with Crippen molar-refractivity contribution in [1.29, 1.82) is 0 Å². The first-order valence-corrected chi connectivity index (χ1v) is 5.67. The molecule has 0 aliphatic heterocycles. The highest BCUT2D eigenvalue weighted by Gasteiger charge is 2.07. The van der Waals surface area contributed by atoms with E-state index < -0.39 is 0 Å². The van der Waals surface area contributed by atoms with Gasteiger partial charge in [0.05, 0.1) is 16.8 Å². The largest absolute Gasteiger partial charge is 0.309 e. The average molecular weight is 219 g/mol. The van der Waals surface area contributed by atoms with Gasteiger partial charge in [-0.25, -0.2) is 0 Å². The Hall–Kier alpha value is -1.39. The van der Waals surface area contributed by atoms with Gasteiger partial charge in [-0.2, -0.15) is 5.10 Å². The molecule has 0 atom stereocenters. The Balaban J connectivity index is 2.12. The van der Waals surface area contributed by atoms with Gasteiger partial charge in [-0.15, -0.1) is 17.9 Å². The fourth-order valence-electron chi connectivity index (χ4n) is 1.39. The smallest absolute Gasteiger partial charge is 0.0794 e. The Labute approximate surface area is 92.8 Å². The van der Waals surface area contributed by atoms with E-state index in [0.717, 1.165) is 18.8 Å². The molecule has 0 aromatic carbocycles. The van der Waals surface area contributed by atoms with Crippen molar-refractivity contribution in [2.45, 2.75) is 6.54 Å². The van der Waals surface area contributed by atoms with E-state index in [1.807, 2.05) is 18.3 Å². The summed E-state index contributed by atoms with van der Waals surface area (Å²) in [5.74, 6) is 0. The van der Waals surface area contributed by atoms with Crippen LogP contribution in [0.3, 0.4) is 0 Å². The zero-order chi connectivity index (χ0) is 10.5. The Morgan fingerprint density at radius 3 is 3.27 bits per heavy atom. The molecule has 0 saturated heterocycles. The second kappa shape index (κ2) is 4.91. The maximum atomic E-state index is 4.07. The average Bonchev–Trinajstić information content (AvgIpc) is 2.87. The Bertz CT molecular complexity index is 417. The fraction of sp³-hybridized carbons (Fsp3) is 0.182. The highest BCUT2D eigenvalue weighted by atomic mass is 32.1. The number of rotatable bonds is 5. The molecule has 2 heterocycles. The second-order valence-electron chi connectivity index (χ2n) is 3.17. The molecule has 78 valence electrons. The molecule has 0 radical (unpaired) electrons. The minimum Gasteiger partial charge on any atom is -0.309 e. The van der Waals surface area contributed by atoms with Gasteiger partial charge in [-0.05, 0) is 11.4 Å². The van der Waals surface area contributed by atoms with Gasteiger partial charge in [0, 0.05) is 18.7 Å². The van der Waals surface area contributed by atoms with Crippen molar-refractivity contribution in [3.63, 3.8) is 0 Å². The predicted molar refractivity (Wildman–Crippen MR) is 63.8 cm³/mol. The van der Waals surface area contributed by atoms with E-state index in [0.29, 0.717) is 0 Å². The number of nitrogens with zero attached hydrogens (tertiary/aromatic N) is 1. The number of nitrogens with one attached hydrogen (secondary N) is 2. The van der Waals surface area contributed by atoms with Crippen LogP contribution in [0.1, 0.15) is 5.56 Å². The van der Waals surface area contributed by atoms with E-state index in [9.17, 15) is 0 Å². The fourth-order valence-corrected chi connectivity index (χ4v) is 2.14. The zero-order valence-electron chi connectivity index (χ0n) is 8.36. The van der Waals surface area contributed by atoms with Gasteiger partial charge in [0.1, 0.15) is 0 Å². The number of aromatic amines is 1. The standard InChI is InChI=1S/C11H13N3S/c1-2-5-12-7-9-8-13-14-11(9)10-4-3-6-15-10/h2-4,6,8,12H,1,5,7H2,(H,13,14). The molecule has 0 amide bonds. The summed E-state index contributed by atoms with van der Waals surface area (Å²) in [6.07, 6.45) is 3.72. The topological polar surface area (TPSA) is 40.7 Å². The summed E-state index contributed by atoms with van der Waals surface area (Å²) in [7, 11) is 0. The monoisotopic (exact) mass is 219 g/mol. The molecule has 3 nitrogen and oxygen atoms in total. The molecule has 15 heavy (non-hydrogen) atoms. The van der Waals surface area contributed by atoms with E-state index in [4.69, 9.17) is 0 Å². The van der Waals surface area contributed by atoms with Gasteiger partial charge in [-0.1, -0.05) is 12.1 Å². The number of hydrogen-bond donors (Lipinski definition) is 2. The lowest BCUT2D eigenvalue weighted by atomic mass is 10.2. The van der Waals surface area contributed by atoms with E-state index >= 15 is 0 Å². The first-order chi connectivity index (χ1) is 7.42. The van der Waals surface area contributed by atoms with Crippen molar-refractivity contribution < 1.29 is 0 Å². The minimum absolute atomic E-state index is 0.815. The Kier molecular flexibility index (Phi) is 3.32. The zero-order valence-corrected chi connectivity index (χ0v) is 9.18. The van der Waals surface area contributed by atoms with Crippen LogP contribution in [0.15, 0.2) is 36.4 Å². The molecule has 2 aromatic rings. The van der Waals surface area contributed by atoms with Crippen LogP contribution < -0.4 is 5.32 Å². The first-order valence-electron chi connectivity index (χ1n) is 4.79. The van der Waals surface area contributed by atoms with Crippen LogP contribution in [-0.4, -0.2) is 16.7 Å². The highest BCUT2D eigenvalue weighted by Crippen LogP contribution is 2.25. The van der Waals surface area contributed by atoms with Gasteiger partial charge in [-0.3, -0.25) is 5.10 Å². The third kappa shape index (κ3) is 2.34. The molecule has 2 rings (SSSR count). The quantitative estimate of drug-likeness (QED) is 0.599. The number of H-pyrrole nitrogens is 1. The van der Waals surface area contributed by atoms with Crippen molar-refractivity contribution in [1.82, 2.24) is 15.5 Å². The SMILES string of the molecule is C=CCNCc1cn[nH]c1-c1cccs1. The molecule has 4 heteroatoms. The summed E-state index contributed by atoms with van der Waals surface area (Å²) in [5.41, 5.74) is 2.31. The van der Waals surface area contributed by atoms with Gasteiger partial charge in [0.25, 0.3) is 0 Å². The first kappa shape index (κ1) is 10.1. The summed E-state index contributed by atoms with van der Waals surface area (Å²) in [6.45, 7) is 5.30. The predicted octanol–water partition coefficient (Wildman–Crippen LogP) is 2.41. The van der Waals surface area contributed by atoms with Crippen LogP contribution in [0.4, 0.5) is 0 Å². The van der Waals surface area contributed by atoms with Crippen LogP contribution >= 0.6 is 11.3 Å². The van der Waals surface area contributed by atoms with Gasteiger partial charge < -0.3 is 5.32 Å². The third-order valence-electron chi connectivity index (χ3n) is 2.09. The maximum Gasteiger partial charge on any atom is 0.0794 e. The molecule has 0 fully saturated rings. The lowest BCUT2D eigenvalue weighted by Gasteiger charge is -2.01. The van der Waals surface area contributed by atoms with E-state index in [-0.39, 0.29) is 0 Å². The van der Waals surface area contributed by atoms with Crippen molar-refractivity contribution >= 4 is 11.3 Å². The molecule has 2 aromatic heterocycles. The summed E-state index contributed by atoms with van der Waals surface area (Å²) in [5, 5.41) is 12.4. The van der Waals surface area contributed by atoms with Gasteiger partial charge in [0.2, 0.25) is 0 Å². The van der Waals surface area contributed by atoms with Crippen LogP contribution in [-0.2, 0) is 6.54 Å². The molecule has 2 N–H and O–H groups in total.